The van der Waals surface area contributed by atoms with Gasteiger partial charge in [-0.05, 0) is 49.1 Å². The Morgan fingerprint density at radius 1 is 1.00 bits per heavy atom. The molecule has 1 aromatic heterocycles. The molecule has 0 aliphatic heterocycles. The summed E-state index contributed by atoms with van der Waals surface area (Å²) in [7, 11) is 0. The first kappa shape index (κ1) is 14.4. The summed E-state index contributed by atoms with van der Waals surface area (Å²) >= 11 is 0. The van der Waals surface area contributed by atoms with Crippen LogP contribution in [0.4, 0.5) is 0 Å². The van der Waals surface area contributed by atoms with Gasteiger partial charge in [0.05, 0.1) is 11.4 Å². The second-order valence-electron chi connectivity index (χ2n) is 5.59. The number of aromatic nitrogens is 2. The lowest BCUT2D eigenvalue weighted by atomic mass is 10.1. The minimum atomic E-state index is 0.0320. The fourth-order valence-electron chi connectivity index (χ4n) is 2.69. The zero-order valence-electron chi connectivity index (χ0n) is 13.2. The fourth-order valence-corrected chi connectivity index (χ4v) is 2.69. The van der Waals surface area contributed by atoms with E-state index >= 15 is 0 Å². The van der Waals surface area contributed by atoms with Crippen LogP contribution in [0.1, 0.15) is 23.6 Å². The maximum absolute atomic E-state index is 12.7. The quantitative estimate of drug-likeness (QED) is 0.778. The van der Waals surface area contributed by atoms with E-state index in [4.69, 9.17) is 0 Å². The lowest BCUT2D eigenvalue weighted by molar-refractivity contribution is 0.847. The van der Waals surface area contributed by atoms with Crippen LogP contribution in [0.5, 0.6) is 0 Å². The van der Waals surface area contributed by atoms with Crippen LogP contribution in [0.15, 0.2) is 53.3 Å². The lowest BCUT2D eigenvalue weighted by Gasteiger charge is -2.05. The maximum atomic E-state index is 12.7. The van der Waals surface area contributed by atoms with Crippen LogP contribution in [-0.4, -0.2) is 9.78 Å². The molecule has 0 atom stereocenters. The summed E-state index contributed by atoms with van der Waals surface area (Å²) in [5.41, 5.74) is 6.09. The van der Waals surface area contributed by atoms with E-state index < -0.39 is 0 Å². The third-order valence-electron chi connectivity index (χ3n) is 4.15. The molecule has 1 N–H and O–H groups in total. The smallest absolute Gasteiger partial charge is 0.275 e. The van der Waals surface area contributed by atoms with E-state index in [1.54, 1.807) is 4.68 Å². The van der Waals surface area contributed by atoms with Crippen molar-refractivity contribution < 1.29 is 0 Å². The fraction of sp³-hybridized carbons (Fsp3) is 0.211. The number of aromatic amines is 1. The van der Waals surface area contributed by atoms with Gasteiger partial charge >= 0.3 is 0 Å². The van der Waals surface area contributed by atoms with Gasteiger partial charge in [0.15, 0.2) is 0 Å². The number of hydrogen-bond acceptors (Lipinski definition) is 1. The number of nitrogens with zero attached hydrogens (tertiary/aromatic N) is 1. The molecular formula is C19H20N2O. The van der Waals surface area contributed by atoms with Gasteiger partial charge < -0.3 is 0 Å². The molecule has 0 aliphatic carbocycles. The highest BCUT2D eigenvalue weighted by atomic mass is 16.1. The molecule has 0 unspecified atom stereocenters. The minimum Gasteiger partial charge on any atom is -0.290 e. The predicted molar refractivity (Wildman–Crippen MR) is 90.7 cm³/mol. The Labute approximate surface area is 130 Å². The Hall–Kier alpha value is -2.55. The van der Waals surface area contributed by atoms with Crippen LogP contribution >= 0.6 is 0 Å². The molecule has 0 bridgehead atoms. The predicted octanol–water partition coefficient (Wildman–Crippen LogP) is 4.01. The van der Waals surface area contributed by atoms with Crippen LogP contribution in [-0.2, 0) is 6.42 Å². The van der Waals surface area contributed by atoms with Crippen molar-refractivity contribution in [2.45, 2.75) is 27.2 Å². The van der Waals surface area contributed by atoms with Gasteiger partial charge in [0.1, 0.15) is 0 Å². The number of hydrogen-bond donors (Lipinski definition) is 1. The SMILES string of the molecule is CCc1c(-c2ccccc2)[nH]n(-c2ccc(C)c(C)c2)c1=O. The molecule has 0 saturated carbocycles. The van der Waals surface area contributed by atoms with Crippen molar-refractivity contribution in [2.75, 3.05) is 0 Å². The Kier molecular flexibility index (Phi) is 3.72. The molecule has 0 spiro atoms. The standard InChI is InChI=1S/C19H20N2O/c1-4-17-18(15-8-6-5-7-9-15)20-21(19(17)22)16-11-10-13(2)14(3)12-16/h5-12,20H,4H2,1-3H3. The molecule has 22 heavy (non-hydrogen) atoms. The van der Waals surface area contributed by atoms with E-state index in [9.17, 15) is 4.79 Å². The second-order valence-corrected chi connectivity index (χ2v) is 5.59. The van der Waals surface area contributed by atoms with E-state index in [1.807, 2.05) is 55.5 Å². The van der Waals surface area contributed by atoms with Crippen LogP contribution < -0.4 is 5.56 Å². The average molecular weight is 292 g/mol. The molecule has 3 rings (SSSR count). The first-order chi connectivity index (χ1) is 10.6. The second kappa shape index (κ2) is 5.68. The van der Waals surface area contributed by atoms with Gasteiger partial charge in [0.2, 0.25) is 0 Å². The zero-order valence-corrected chi connectivity index (χ0v) is 13.2. The highest BCUT2D eigenvalue weighted by molar-refractivity contribution is 5.63. The van der Waals surface area contributed by atoms with Gasteiger partial charge in [-0.15, -0.1) is 0 Å². The summed E-state index contributed by atoms with van der Waals surface area (Å²) in [4.78, 5) is 12.7. The van der Waals surface area contributed by atoms with Gasteiger partial charge in [0, 0.05) is 5.56 Å². The van der Waals surface area contributed by atoms with Crippen LogP contribution in [0.2, 0.25) is 0 Å². The summed E-state index contributed by atoms with van der Waals surface area (Å²) in [6.07, 6.45) is 0.706. The Bertz CT molecular complexity index is 857. The van der Waals surface area contributed by atoms with Crippen molar-refractivity contribution in [1.82, 2.24) is 9.78 Å². The summed E-state index contributed by atoms with van der Waals surface area (Å²) in [5.74, 6) is 0. The van der Waals surface area contributed by atoms with Crippen molar-refractivity contribution in [2.24, 2.45) is 0 Å². The average Bonchev–Trinajstić information content (AvgIpc) is 2.87. The van der Waals surface area contributed by atoms with Gasteiger partial charge in [-0.1, -0.05) is 43.3 Å². The molecule has 0 amide bonds. The summed E-state index contributed by atoms with van der Waals surface area (Å²) < 4.78 is 1.65. The third kappa shape index (κ3) is 2.39. The Balaban J connectivity index is 2.20. The third-order valence-corrected chi connectivity index (χ3v) is 4.15. The van der Waals surface area contributed by atoms with E-state index in [1.165, 1.54) is 11.1 Å². The van der Waals surface area contributed by atoms with E-state index in [-0.39, 0.29) is 5.56 Å². The molecule has 0 radical (unpaired) electrons. The topological polar surface area (TPSA) is 37.8 Å². The number of rotatable bonds is 3. The summed E-state index contributed by atoms with van der Waals surface area (Å²) in [6, 6.07) is 16.1. The summed E-state index contributed by atoms with van der Waals surface area (Å²) in [6.45, 7) is 6.15. The largest absolute Gasteiger partial charge is 0.290 e. The van der Waals surface area contributed by atoms with Gasteiger partial charge in [-0.3, -0.25) is 9.89 Å². The molecule has 2 aromatic carbocycles. The van der Waals surface area contributed by atoms with Crippen LogP contribution in [0.25, 0.3) is 16.9 Å². The van der Waals surface area contributed by atoms with E-state index in [0.717, 1.165) is 22.5 Å². The van der Waals surface area contributed by atoms with Crippen molar-refractivity contribution in [3.05, 3.63) is 75.6 Å². The molecule has 3 nitrogen and oxygen atoms in total. The van der Waals surface area contributed by atoms with Crippen LogP contribution in [0, 0.1) is 13.8 Å². The highest BCUT2D eigenvalue weighted by Crippen LogP contribution is 2.21. The Morgan fingerprint density at radius 2 is 1.73 bits per heavy atom. The van der Waals surface area contributed by atoms with Gasteiger partial charge in [-0.25, -0.2) is 4.68 Å². The van der Waals surface area contributed by atoms with Gasteiger partial charge in [-0.2, -0.15) is 0 Å². The van der Waals surface area contributed by atoms with Gasteiger partial charge in [0.25, 0.3) is 5.56 Å². The first-order valence-electron chi connectivity index (χ1n) is 7.58. The zero-order chi connectivity index (χ0) is 15.7. The van der Waals surface area contributed by atoms with Crippen molar-refractivity contribution in [3.63, 3.8) is 0 Å². The number of aryl methyl sites for hydroxylation is 2. The van der Waals surface area contributed by atoms with Crippen LogP contribution in [0.3, 0.4) is 0 Å². The molecule has 1 heterocycles. The minimum absolute atomic E-state index is 0.0320. The summed E-state index contributed by atoms with van der Waals surface area (Å²) in [5, 5.41) is 3.28. The number of benzene rings is 2. The highest BCUT2D eigenvalue weighted by Gasteiger charge is 2.15. The lowest BCUT2D eigenvalue weighted by Crippen LogP contribution is -2.17. The van der Waals surface area contributed by atoms with Crippen molar-refractivity contribution in [1.29, 1.82) is 0 Å². The molecule has 3 heteroatoms. The Morgan fingerprint density at radius 3 is 2.36 bits per heavy atom. The molecule has 0 aliphatic rings. The maximum Gasteiger partial charge on any atom is 0.275 e. The molecule has 0 fully saturated rings. The number of H-pyrrole nitrogens is 1. The van der Waals surface area contributed by atoms with Crippen molar-refractivity contribution >= 4 is 0 Å². The van der Waals surface area contributed by atoms with E-state index in [2.05, 4.69) is 18.9 Å². The molecule has 0 saturated heterocycles. The molecule has 3 aromatic rings. The normalized spacial score (nSPS) is 10.9. The molecule has 112 valence electrons. The van der Waals surface area contributed by atoms with E-state index in [0.29, 0.717) is 6.42 Å². The number of nitrogens with one attached hydrogen (secondary N) is 1. The molecular weight excluding hydrogens is 272 g/mol. The van der Waals surface area contributed by atoms with Crippen molar-refractivity contribution in [3.8, 4) is 16.9 Å². The monoisotopic (exact) mass is 292 g/mol. The first-order valence-corrected chi connectivity index (χ1v) is 7.58.